The molecule has 0 radical (unpaired) electrons. The van der Waals surface area contributed by atoms with Crippen LogP contribution < -0.4 is 0 Å². The predicted octanol–water partition coefficient (Wildman–Crippen LogP) is 4.41. The lowest BCUT2D eigenvalue weighted by atomic mass is 9.64. The quantitative estimate of drug-likeness (QED) is 0.838. The Morgan fingerprint density at radius 2 is 2.00 bits per heavy atom. The topological polar surface area (TPSA) is 20.2 Å². The normalized spacial score (nSPS) is 31.7. The second-order valence-electron chi connectivity index (χ2n) is 6.64. The minimum Gasteiger partial charge on any atom is -0.385 e. The third-order valence-corrected chi connectivity index (χ3v) is 4.64. The van der Waals surface area contributed by atoms with E-state index in [4.69, 9.17) is 0 Å². The first-order valence-electron chi connectivity index (χ1n) is 7.33. The van der Waals surface area contributed by atoms with Crippen LogP contribution in [0.15, 0.2) is 18.2 Å². The molecule has 1 fully saturated rings. The van der Waals surface area contributed by atoms with Crippen LogP contribution in [0.5, 0.6) is 0 Å². The van der Waals surface area contributed by atoms with Gasteiger partial charge in [0.2, 0.25) is 0 Å². The Hall–Kier alpha value is -0.890. The number of aryl methyl sites for hydroxylation is 1. The fourth-order valence-electron chi connectivity index (χ4n) is 3.65. The molecule has 0 spiro atoms. The molecule has 3 unspecified atom stereocenters. The van der Waals surface area contributed by atoms with E-state index in [0.29, 0.717) is 23.8 Å². The zero-order chi connectivity index (χ0) is 14.2. The summed E-state index contributed by atoms with van der Waals surface area (Å²) in [6, 6.07) is 5.07. The molecule has 0 heterocycles. The van der Waals surface area contributed by atoms with Crippen LogP contribution in [-0.4, -0.2) is 5.11 Å². The molecule has 106 valence electrons. The van der Waals surface area contributed by atoms with Crippen LogP contribution in [-0.2, 0) is 5.60 Å². The molecule has 19 heavy (non-hydrogen) atoms. The van der Waals surface area contributed by atoms with Crippen LogP contribution in [0.4, 0.5) is 4.39 Å². The van der Waals surface area contributed by atoms with Crippen molar-refractivity contribution in [1.29, 1.82) is 0 Å². The molecule has 0 aromatic heterocycles. The third-order valence-electron chi connectivity index (χ3n) is 4.64. The number of halogens is 1. The standard InChI is InChI=1S/C17H25FO/c1-11(2)14-7-5-13(4)10-17(14,19)15-9-12(3)6-8-16(15)18/h6,8-9,11,13-14,19H,5,7,10H2,1-4H3. The monoisotopic (exact) mass is 264 g/mol. The van der Waals surface area contributed by atoms with E-state index in [9.17, 15) is 9.50 Å². The van der Waals surface area contributed by atoms with Gasteiger partial charge in [0.05, 0.1) is 5.60 Å². The van der Waals surface area contributed by atoms with Crippen molar-refractivity contribution >= 4 is 0 Å². The van der Waals surface area contributed by atoms with Crippen LogP contribution in [0.2, 0.25) is 0 Å². The average molecular weight is 264 g/mol. The smallest absolute Gasteiger partial charge is 0.129 e. The van der Waals surface area contributed by atoms with E-state index in [1.54, 1.807) is 6.07 Å². The van der Waals surface area contributed by atoms with E-state index < -0.39 is 5.60 Å². The molecular weight excluding hydrogens is 239 g/mol. The molecule has 0 aliphatic heterocycles. The maximum absolute atomic E-state index is 14.2. The van der Waals surface area contributed by atoms with E-state index in [-0.39, 0.29) is 11.7 Å². The van der Waals surface area contributed by atoms with Crippen LogP contribution in [0.25, 0.3) is 0 Å². The summed E-state index contributed by atoms with van der Waals surface area (Å²) < 4.78 is 14.2. The molecule has 1 aliphatic carbocycles. The van der Waals surface area contributed by atoms with Crippen molar-refractivity contribution in [1.82, 2.24) is 0 Å². The lowest BCUT2D eigenvalue weighted by Crippen LogP contribution is -2.43. The van der Waals surface area contributed by atoms with Gasteiger partial charge in [-0.15, -0.1) is 0 Å². The van der Waals surface area contributed by atoms with Gasteiger partial charge in [0.1, 0.15) is 5.82 Å². The van der Waals surface area contributed by atoms with E-state index in [0.717, 1.165) is 18.4 Å². The van der Waals surface area contributed by atoms with Crippen molar-refractivity contribution < 1.29 is 9.50 Å². The minimum atomic E-state index is -1.01. The summed E-state index contributed by atoms with van der Waals surface area (Å²) >= 11 is 0. The second-order valence-corrected chi connectivity index (χ2v) is 6.64. The average Bonchev–Trinajstić information content (AvgIpc) is 2.31. The first kappa shape index (κ1) is 14.5. The van der Waals surface area contributed by atoms with Crippen LogP contribution in [0.1, 0.15) is 51.2 Å². The predicted molar refractivity (Wildman–Crippen MR) is 76.4 cm³/mol. The molecule has 0 saturated heterocycles. The zero-order valence-electron chi connectivity index (χ0n) is 12.4. The number of benzene rings is 1. The van der Waals surface area contributed by atoms with Gasteiger partial charge < -0.3 is 5.11 Å². The lowest BCUT2D eigenvalue weighted by molar-refractivity contribution is -0.0888. The molecule has 2 heteroatoms. The molecule has 1 N–H and O–H groups in total. The molecule has 1 aromatic carbocycles. The Morgan fingerprint density at radius 3 is 2.63 bits per heavy atom. The van der Waals surface area contributed by atoms with E-state index in [2.05, 4.69) is 20.8 Å². The van der Waals surface area contributed by atoms with Gasteiger partial charge in [0.25, 0.3) is 0 Å². The van der Waals surface area contributed by atoms with Gasteiger partial charge in [-0.25, -0.2) is 4.39 Å². The molecule has 1 aromatic rings. The summed E-state index contributed by atoms with van der Waals surface area (Å²) in [4.78, 5) is 0. The highest BCUT2D eigenvalue weighted by Crippen LogP contribution is 2.47. The summed E-state index contributed by atoms with van der Waals surface area (Å²) in [7, 11) is 0. The van der Waals surface area contributed by atoms with Gasteiger partial charge in [-0.05, 0) is 43.6 Å². The molecule has 1 nitrogen and oxygen atoms in total. The van der Waals surface area contributed by atoms with Crippen LogP contribution >= 0.6 is 0 Å². The Balaban J connectivity index is 2.49. The number of rotatable bonds is 2. The minimum absolute atomic E-state index is 0.139. The lowest BCUT2D eigenvalue weighted by Gasteiger charge is -2.45. The fourth-order valence-corrected chi connectivity index (χ4v) is 3.65. The fraction of sp³-hybridized carbons (Fsp3) is 0.647. The Labute approximate surface area is 115 Å². The van der Waals surface area contributed by atoms with Gasteiger partial charge in [-0.1, -0.05) is 44.9 Å². The summed E-state index contributed by atoms with van der Waals surface area (Å²) in [6.07, 6.45) is 2.76. The second kappa shape index (κ2) is 5.24. The Bertz CT molecular complexity index is 455. The van der Waals surface area contributed by atoms with Crippen LogP contribution in [0.3, 0.4) is 0 Å². The van der Waals surface area contributed by atoms with Gasteiger partial charge in [0, 0.05) is 5.56 Å². The molecular formula is C17H25FO. The van der Waals surface area contributed by atoms with E-state index in [1.807, 2.05) is 13.0 Å². The highest BCUT2D eigenvalue weighted by atomic mass is 19.1. The van der Waals surface area contributed by atoms with Gasteiger partial charge in [-0.2, -0.15) is 0 Å². The number of aliphatic hydroxyl groups is 1. The van der Waals surface area contributed by atoms with Crippen molar-refractivity contribution in [3.63, 3.8) is 0 Å². The van der Waals surface area contributed by atoms with Gasteiger partial charge in [-0.3, -0.25) is 0 Å². The molecule has 0 amide bonds. The molecule has 0 bridgehead atoms. The highest BCUT2D eigenvalue weighted by Gasteiger charge is 2.45. The van der Waals surface area contributed by atoms with Gasteiger partial charge >= 0.3 is 0 Å². The van der Waals surface area contributed by atoms with E-state index in [1.165, 1.54) is 6.07 Å². The summed E-state index contributed by atoms with van der Waals surface area (Å²) in [5.74, 6) is 0.671. The molecule has 1 aliphatic rings. The number of hydrogen-bond acceptors (Lipinski definition) is 1. The molecule has 2 rings (SSSR count). The Morgan fingerprint density at radius 1 is 1.32 bits per heavy atom. The van der Waals surface area contributed by atoms with Crippen molar-refractivity contribution in [2.24, 2.45) is 17.8 Å². The summed E-state index contributed by atoms with van der Waals surface area (Å²) in [6.45, 7) is 8.34. The third kappa shape index (κ3) is 2.69. The summed E-state index contributed by atoms with van der Waals surface area (Å²) in [5, 5.41) is 11.2. The van der Waals surface area contributed by atoms with Gasteiger partial charge in [0.15, 0.2) is 0 Å². The molecule has 1 saturated carbocycles. The molecule has 3 atom stereocenters. The SMILES string of the molecule is Cc1ccc(F)c(C2(O)CC(C)CCC2C(C)C)c1. The van der Waals surface area contributed by atoms with E-state index >= 15 is 0 Å². The maximum Gasteiger partial charge on any atom is 0.129 e. The van der Waals surface area contributed by atoms with Crippen molar-refractivity contribution in [2.45, 2.75) is 52.6 Å². The first-order valence-corrected chi connectivity index (χ1v) is 7.33. The highest BCUT2D eigenvalue weighted by molar-refractivity contribution is 5.30. The Kier molecular flexibility index (Phi) is 4.00. The van der Waals surface area contributed by atoms with Crippen molar-refractivity contribution in [2.75, 3.05) is 0 Å². The summed E-state index contributed by atoms with van der Waals surface area (Å²) in [5.41, 5.74) is 0.491. The van der Waals surface area contributed by atoms with Crippen molar-refractivity contribution in [3.8, 4) is 0 Å². The van der Waals surface area contributed by atoms with Crippen LogP contribution in [0, 0.1) is 30.5 Å². The number of hydrogen-bond donors (Lipinski definition) is 1. The zero-order valence-corrected chi connectivity index (χ0v) is 12.4. The largest absolute Gasteiger partial charge is 0.385 e. The maximum atomic E-state index is 14.2. The first-order chi connectivity index (χ1) is 8.84. The van der Waals surface area contributed by atoms with Crippen molar-refractivity contribution in [3.05, 3.63) is 35.1 Å².